The Labute approximate surface area is 88.3 Å². The van der Waals surface area contributed by atoms with Crippen molar-refractivity contribution >= 4 is 0 Å². The van der Waals surface area contributed by atoms with E-state index < -0.39 is 17.9 Å². The van der Waals surface area contributed by atoms with Crippen LogP contribution < -0.4 is 5.73 Å². The molecule has 0 aliphatic heterocycles. The average molecular weight is 211 g/mol. The third-order valence-electron chi connectivity index (χ3n) is 3.10. The zero-order valence-corrected chi connectivity index (χ0v) is 8.71. The Morgan fingerprint density at radius 3 is 2.47 bits per heavy atom. The lowest BCUT2D eigenvalue weighted by Gasteiger charge is -2.23. The lowest BCUT2D eigenvalue weighted by molar-refractivity contribution is 0.0975. The molecule has 15 heavy (non-hydrogen) atoms. The van der Waals surface area contributed by atoms with E-state index in [0.717, 1.165) is 5.56 Å². The summed E-state index contributed by atoms with van der Waals surface area (Å²) in [7, 11) is 0. The van der Waals surface area contributed by atoms with Gasteiger partial charge in [0, 0.05) is 5.54 Å². The summed E-state index contributed by atoms with van der Waals surface area (Å²) in [6, 6.07) is 7.27. The van der Waals surface area contributed by atoms with Crippen molar-refractivity contribution in [2.75, 3.05) is 0 Å². The summed E-state index contributed by atoms with van der Waals surface area (Å²) in [6.45, 7) is 1.90. The van der Waals surface area contributed by atoms with E-state index in [9.17, 15) is 8.78 Å². The van der Waals surface area contributed by atoms with Crippen molar-refractivity contribution < 1.29 is 8.78 Å². The van der Waals surface area contributed by atoms with Crippen molar-refractivity contribution in [2.24, 2.45) is 5.73 Å². The predicted molar refractivity (Wildman–Crippen MR) is 56.1 cm³/mol. The van der Waals surface area contributed by atoms with Gasteiger partial charge in [-0.3, -0.25) is 0 Å². The van der Waals surface area contributed by atoms with Crippen LogP contribution in [0.4, 0.5) is 8.78 Å². The van der Waals surface area contributed by atoms with Gasteiger partial charge in [0.2, 0.25) is 6.43 Å². The lowest BCUT2D eigenvalue weighted by atomic mass is 9.89. The zero-order valence-electron chi connectivity index (χ0n) is 8.71. The first kappa shape index (κ1) is 10.6. The molecule has 1 nitrogen and oxygen atoms in total. The molecule has 2 rings (SSSR count). The van der Waals surface area contributed by atoms with Gasteiger partial charge in [0.05, 0.1) is 5.92 Å². The smallest absolute Gasteiger partial charge is 0.247 e. The molecule has 0 amide bonds. The van der Waals surface area contributed by atoms with Crippen molar-refractivity contribution in [3.8, 4) is 0 Å². The number of halogens is 2. The highest BCUT2D eigenvalue weighted by Gasteiger charge is 2.50. The highest BCUT2D eigenvalue weighted by molar-refractivity contribution is 5.31. The number of hydrogen-bond acceptors (Lipinski definition) is 1. The molecule has 0 radical (unpaired) electrons. The predicted octanol–water partition coefficient (Wildman–Crippen LogP) is 2.84. The second kappa shape index (κ2) is 3.56. The molecule has 0 spiro atoms. The molecule has 1 fully saturated rings. The quantitative estimate of drug-likeness (QED) is 0.817. The average Bonchev–Trinajstić information content (AvgIpc) is 2.83. The molecular weight excluding hydrogens is 196 g/mol. The van der Waals surface area contributed by atoms with E-state index in [1.807, 2.05) is 25.1 Å². The minimum absolute atomic E-state index is 0.665. The van der Waals surface area contributed by atoms with E-state index in [4.69, 9.17) is 5.73 Å². The van der Waals surface area contributed by atoms with Gasteiger partial charge >= 0.3 is 0 Å². The number of nitrogens with two attached hydrogens (primary N) is 1. The number of hydrogen-bond donors (Lipinski definition) is 1. The van der Waals surface area contributed by atoms with Crippen LogP contribution in [0.1, 0.15) is 29.9 Å². The summed E-state index contributed by atoms with van der Waals surface area (Å²) in [6.07, 6.45) is -0.967. The summed E-state index contributed by atoms with van der Waals surface area (Å²) >= 11 is 0. The fourth-order valence-electron chi connectivity index (χ4n) is 2.05. The van der Waals surface area contributed by atoms with Gasteiger partial charge in [-0.25, -0.2) is 8.78 Å². The molecule has 0 aromatic heterocycles. The number of aryl methyl sites for hydroxylation is 1. The summed E-state index contributed by atoms with van der Waals surface area (Å²) in [5.41, 5.74) is 6.90. The number of rotatable bonds is 3. The maximum atomic E-state index is 13.0. The van der Waals surface area contributed by atoms with Crippen LogP contribution in [-0.4, -0.2) is 12.0 Å². The van der Waals surface area contributed by atoms with Crippen molar-refractivity contribution in [3.63, 3.8) is 0 Å². The Balaban J connectivity index is 2.33. The normalized spacial score (nSPS) is 20.3. The van der Waals surface area contributed by atoms with Gasteiger partial charge in [0.1, 0.15) is 0 Å². The summed E-state index contributed by atoms with van der Waals surface area (Å²) in [4.78, 5) is 0. The number of benzene rings is 1. The van der Waals surface area contributed by atoms with Crippen molar-refractivity contribution in [3.05, 3.63) is 35.4 Å². The molecule has 0 saturated heterocycles. The minimum atomic E-state index is -2.38. The molecular formula is C12H15F2N. The van der Waals surface area contributed by atoms with Crippen molar-refractivity contribution in [2.45, 2.75) is 37.6 Å². The van der Waals surface area contributed by atoms with Gasteiger partial charge < -0.3 is 5.73 Å². The molecule has 0 bridgehead atoms. The highest BCUT2D eigenvalue weighted by atomic mass is 19.3. The Kier molecular flexibility index (Phi) is 2.51. The zero-order chi connectivity index (χ0) is 11.1. The van der Waals surface area contributed by atoms with Crippen LogP contribution in [0.2, 0.25) is 0 Å². The topological polar surface area (TPSA) is 26.0 Å². The molecule has 1 atom stereocenters. The molecule has 1 aliphatic carbocycles. The maximum Gasteiger partial charge on any atom is 0.247 e. The monoisotopic (exact) mass is 211 g/mol. The van der Waals surface area contributed by atoms with E-state index in [-0.39, 0.29) is 0 Å². The largest absolute Gasteiger partial charge is 0.324 e. The molecule has 1 aliphatic rings. The molecule has 1 aromatic rings. The van der Waals surface area contributed by atoms with Crippen LogP contribution in [0.15, 0.2) is 24.3 Å². The fourth-order valence-corrected chi connectivity index (χ4v) is 2.05. The van der Waals surface area contributed by atoms with Gasteiger partial charge in [0.15, 0.2) is 0 Å². The molecule has 1 aromatic carbocycles. The van der Waals surface area contributed by atoms with Crippen LogP contribution in [0, 0.1) is 6.92 Å². The fraction of sp³-hybridized carbons (Fsp3) is 0.500. The molecule has 2 N–H and O–H groups in total. The second-order valence-corrected chi connectivity index (χ2v) is 4.46. The molecule has 1 saturated carbocycles. The maximum absolute atomic E-state index is 13.0. The van der Waals surface area contributed by atoms with Crippen LogP contribution in [0.3, 0.4) is 0 Å². The lowest BCUT2D eigenvalue weighted by Crippen LogP contribution is -2.35. The Morgan fingerprint density at radius 2 is 2.00 bits per heavy atom. The van der Waals surface area contributed by atoms with E-state index >= 15 is 0 Å². The third kappa shape index (κ3) is 2.02. The van der Waals surface area contributed by atoms with Crippen LogP contribution >= 0.6 is 0 Å². The van der Waals surface area contributed by atoms with E-state index in [1.165, 1.54) is 0 Å². The van der Waals surface area contributed by atoms with Gasteiger partial charge in [-0.05, 0) is 25.3 Å². The van der Waals surface area contributed by atoms with Gasteiger partial charge in [-0.15, -0.1) is 0 Å². The summed E-state index contributed by atoms with van der Waals surface area (Å²) in [5, 5.41) is 0. The second-order valence-electron chi connectivity index (χ2n) is 4.46. The summed E-state index contributed by atoms with van der Waals surface area (Å²) < 4.78 is 25.9. The third-order valence-corrected chi connectivity index (χ3v) is 3.10. The molecule has 1 unspecified atom stereocenters. The first-order valence-electron chi connectivity index (χ1n) is 5.16. The Bertz CT molecular complexity index is 358. The Hall–Kier alpha value is -0.960. The van der Waals surface area contributed by atoms with Gasteiger partial charge in [-0.2, -0.15) is 0 Å². The first-order chi connectivity index (χ1) is 7.03. The highest BCUT2D eigenvalue weighted by Crippen LogP contribution is 2.47. The summed E-state index contributed by atoms with van der Waals surface area (Å²) in [5.74, 6) is -0.808. The van der Waals surface area contributed by atoms with Crippen LogP contribution in [-0.2, 0) is 0 Å². The molecule has 82 valence electrons. The molecule has 0 heterocycles. The number of alkyl halides is 2. The Morgan fingerprint density at radius 1 is 1.33 bits per heavy atom. The van der Waals surface area contributed by atoms with Crippen molar-refractivity contribution in [1.82, 2.24) is 0 Å². The SMILES string of the molecule is Cc1cccc(C(C(F)F)C2(N)CC2)c1. The van der Waals surface area contributed by atoms with E-state index in [2.05, 4.69) is 0 Å². The molecule has 3 heteroatoms. The van der Waals surface area contributed by atoms with Crippen LogP contribution in [0.5, 0.6) is 0 Å². The van der Waals surface area contributed by atoms with E-state index in [1.54, 1.807) is 6.07 Å². The van der Waals surface area contributed by atoms with Gasteiger partial charge in [0.25, 0.3) is 0 Å². The standard InChI is InChI=1S/C12H15F2N/c1-8-3-2-4-9(7-8)10(11(13)14)12(15)5-6-12/h2-4,7,10-11H,5-6,15H2,1H3. The van der Waals surface area contributed by atoms with Gasteiger partial charge in [-0.1, -0.05) is 29.8 Å². The van der Waals surface area contributed by atoms with Crippen LogP contribution in [0.25, 0.3) is 0 Å². The van der Waals surface area contributed by atoms with Crippen molar-refractivity contribution in [1.29, 1.82) is 0 Å². The van der Waals surface area contributed by atoms with E-state index in [0.29, 0.717) is 18.4 Å². The minimum Gasteiger partial charge on any atom is -0.324 e. The first-order valence-corrected chi connectivity index (χ1v) is 5.16.